The van der Waals surface area contributed by atoms with Crippen molar-refractivity contribution < 1.29 is 13.9 Å². The van der Waals surface area contributed by atoms with Crippen molar-refractivity contribution in [3.8, 4) is 28.6 Å². The van der Waals surface area contributed by atoms with Crippen molar-refractivity contribution in [1.82, 2.24) is 14.4 Å². The molecule has 4 N–H and O–H groups in total. The molecule has 2 aromatic carbocycles. The predicted molar refractivity (Wildman–Crippen MR) is 118 cm³/mol. The van der Waals surface area contributed by atoms with Crippen molar-refractivity contribution in [3.63, 3.8) is 0 Å². The van der Waals surface area contributed by atoms with Crippen LogP contribution in [0.15, 0.2) is 48.9 Å². The summed E-state index contributed by atoms with van der Waals surface area (Å²) in [5.41, 5.74) is 7.33. The van der Waals surface area contributed by atoms with Crippen molar-refractivity contribution in [3.05, 3.63) is 66.1 Å². The maximum absolute atomic E-state index is 15.3. The third kappa shape index (κ3) is 3.96. The maximum Gasteiger partial charge on any atom is 0.156 e. The largest absolute Gasteiger partial charge is 0.397 e. The number of rotatable bonds is 5. The third-order valence-corrected chi connectivity index (χ3v) is 4.90. The van der Waals surface area contributed by atoms with Gasteiger partial charge < -0.3 is 16.2 Å². The molecule has 32 heavy (non-hydrogen) atoms. The Labute approximate surface area is 182 Å². The number of nitrogens with one attached hydrogen (secondary N) is 1. The zero-order chi connectivity index (χ0) is 23.0. The summed E-state index contributed by atoms with van der Waals surface area (Å²) >= 11 is 0. The average Bonchev–Trinajstić information content (AvgIpc) is 3.12. The summed E-state index contributed by atoms with van der Waals surface area (Å²) in [7, 11) is 0. The molecule has 0 unspecified atom stereocenters. The summed E-state index contributed by atoms with van der Waals surface area (Å²) in [6, 6.07) is 8.60. The molecule has 0 atom stereocenters. The molecule has 7 nitrogen and oxygen atoms in total. The number of nitrogens with zero attached hydrogens (tertiary/aromatic N) is 4. The van der Waals surface area contributed by atoms with E-state index in [4.69, 9.17) is 11.0 Å². The quantitative estimate of drug-likeness (QED) is 0.410. The van der Waals surface area contributed by atoms with E-state index in [1.54, 1.807) is 36.6 Å². The highest BCUT2D eigenvalue weighted by Gasteiger charge is 2.22. The lowest BCUT2D eigenvalue weighted by atomic mass is 10.0. The van der Waals surface area contributed by atoms with E-state index in [0.717, 1.165) is 0 Å². The fraction of sp³-hybridized carbons (Fsp3) is 0.174. The van der Waals surface area contributed by atoms with Gasteiger partial charge in [-0.1, -0.05) is 6.07 Å². The number of nitrogens with two attached hydrogens (primary N) is 1. The molecule has 0 fully saturated rings. The molecular weight excluding hydrogens is 414 g/mol. The second kappa shape index (κ2) is 7.90. The van der Waals surface area contributed by atoms with Crippen molar-refractivity contribution >= 4 is 17.0 Å². The molecule has 9 heteroatoms. The number of nitriles is 1. The minimum Gasteiger partial charge on any atom is -0.397 e. The number of fused-ring (bicyclic) bond motifs is 1. The smallest absolute Gasteiger partial charge is 0.156 e. The summed E-state index contributed by atoms with van der Waals surface area (Å²) in [4.78, 5) is 8.56. The Balaban J connectivity index is 1.90. The van der Waals surface area contributed by atoms with Gasteiger partial charge in [-0.15, -0.1) is 0 Å². The zero-order valence-corrected chi connectivity index (χ0v) is 17.4. The van der Waals surface area contributed by atoms with Gasteiger partial charge in [-0.05, 0) is 38.1 Å². The normalized spacial score (nSPS) is 11.5. The lowest BCUT2D eigenvalue weighted by Gasteiger charge is -2.20. The van der Waals surface area contributed by atoms with E-state index in [9.17, 15) is 9.50 Å². The molecule has 0 aliphatic carbocycles. The van der Waals surface area contributed by atoms with E-state index >= 15 is 4.39 Å². The molecule has 0 aliphatic heterocycles. The van der Waals surface area contributed by atoms with Gasteiger partial charge in [0.2, 0.25) is 0 Å². The van der Waals surface area contributed by atoms with Crippen LogP contribution < -0.4 is 11.1 Å². The number of anilines is 2. The second-order valence-corrected chi connectivity index (χ2v) is 8.01. The van der Waals surface area contributed by atoms with Crippen LogP contribution in [-0.2, 0) is 0 Å². The van der Waals surface area contributed by atoms with Crippen LogP contribution in [0.4, 0.5) is 20.2 Å². The van der Waals surface area contributed by atoms with E-state index in [1.807, 2.05) is 0 Å². The van der Waals surface area contributed by atoms with Crippen LogP contribution in [0.25, 0.3) is 28.2 Å². The molecule has 4 rings (SSSR count). The fourth-order valence-electron chi connectivity index (χ4n) is 3.35. The standard InChI is InChI=1S/C23H20F2N6O/c1-23(2,32)12-29-19-9-17(25)15(8-18(19)27)22-21(30-20-11-28-5-6-31(20)22)13-3-4-14(10-26)16(24)7-13/h3-9,11,29,32H,12,27H2,1-2H3. The molecule has 0 radical (unpaired) electrons. The van der Waals surface area contributed by atoms with Crippen LogP contribution in [0.1, 0.15) is 19.4 Å². The average molecular weight is 434 g/mol. The Morgan fingerprint density at radius 3 is 2.69 bits per heavy atom. The van der Waals surface area contributed by atoms with Gasteiger partial charge in [0.25, 0.3) is 0 Å². The van der Waals surface area contributed by atoms with Gasteiger partial charge in [-0.25, -0.2) is 13.8 Å². The minimum absolute atomic E-state index is 0.0987. The van der Waals surface area contributed by atoms with Gasteiger partial charge in [0.1, 0.15) is 17.7 Å². The Bertz CT molecular complexity index is 1370. The van der Waals surface area contributed by atoms with Gasteiger partial charge in [0, 0.05) is 30.1 Å². The Hall–Kier alpha value is -4.03. The van der Waals surface area contributed by atoms with Crippen LogP contribution in [0.5, 0.6) is 0 Å². The molecule has 0 spiro atoms. The first-order chi connectivity index (χ1) is 15.2. The van der Waals surface area contributed by atoms with E-state index in [-0.39, 0.29) is 23.4 Å². The first kappa shape index (κ1) is 21.2. The minimum atomic E-state index is -1.01. The first-order valence-corrected chi connectivity index (χ1v) is 9.75. The second-order valence-electron chi connectivity index (χ2n) is 8.01. The van der Waals surface area contributed by atoms with E-state index in [2.05, 4.69) is 15.3 Å². The van der Waals surface area contributed by atoms with E-state index in [1.165, 1.54) is 36.7 Å². The van der Waals surface area contributed by atoms with Crippen LogP contribution in [-0.4, -0.2) is 31.6 Å². The summed E-state index contributed by atoms with van der Waals surface area (Å²) in [5, 5.41) is 21.9. The van der Waals surface area contributed by atoms with Gasteiger partial charge in [-0.2, -0.15) is 5.26 Å². The highest BCUT2D eigenvalue weighted by molar-refractivity contribution is 5.85. The van der Waals surface area contributed by atoms with Crippen molar-refractivity contribution in [1.29, 1.82) is 5.26 Å². The van der Waals surface area contributed by atoms with Crippen molar-refractivity contribution in [2.24, 2.45) is 0 Å². The molecule has 0 amide bonds. The third-order valence-electron chi connectivity index (χ3n) is 4.90. The molecule has 162 valence electrons. The number of imidazole rings is 1. The molecular formula is C23H20F2N6O. The first-order valence-electron chi connectivity index (χ1n) is 9.75. The van der Waals surface area contributed by atoms with Crippen molar-refractivity contribution in [2.45, 2.75) is 19.4 Å². The highest BCUT2D eigenvalue weighted by Crippen LogP contribution is 2.37. The van der Waals surface area contributed by atoms with Gasteiger partial charge in [0.15, 0.2) is 5.65 Å². The number of aromatic nitrogens is 3. The van der Waals surface area contributed by atoms with Gasteiger partial charge in [0.05, 0.1) is 40.1 Å². The number of aliphatic hydroxyl groups is 1. The summed E-state index contributed by atoms with van der Waals surface area (Å²) in [5.74, 6) is -1.27. The van der Waals surface area contributed by atoms with Crippen LogP contribution in [0.3, 0.4) is 0 Å². The van der Waals surface area contributed by atoms with Crippen LogP contribution in [0.2, 0.25) is 0 Å². The summed E-state index contributed by atoms with van der Waals surface area (Å²) in [6.07, 6.45) is 4.66. The predicted octanol–water partition coefficient (Wildman–Crippen LogP) is 3.98. The number of halogens is 2. The molecule has 2 heterocycles. The topological polar surface area (TPSA) is 112 Å². The van der Waals surface area contributed by atoms with Crippen LogP contribution >= 0.6 is 0 Å². The molecule has 0 bridgehead atoms. The van der Waals surface area contributed by atoms with Gasteiger partial charge >= 0.3 is 0 Å². The fourth-order valence-corrected chi connectivity index (χ4v) is 3.35. The molecule has 0 saturated heterocycles. The number of nitrogen functional groups attached to an aromatic ring is 1. The maximum atomic E-state index is 15.3. The highest BCUT2D eigenvalue weighted by atomic mass is 19.1. The molecule has 0 aliphatic rings. The monoisotopic (exact) mass is 434 g/mol. The zero-order valence-electron chi connectivity index (χ0n) is 17.4. The molecule has 2 aromatic heterocycles. The van der Waals surface area contributed by atoms with E-state index < -0.39 is 17.2 Å². The Kier molecular flexibility index (Phi) is 5.24. The number of benzene rings is 2. The molecule has 0 saturated carbocycles. The Morgan fingerprint density at radius 1 is 1.22 bits per heavy atom. The summed E-state index contributed by atoms with van der Waals surface area (Å²) < 4.78 is 31.3. The van der Waals surface area contributed by atoms with Crippen LogP contribution in [0, 0.1) is 23.0 Å². The Morgan fingerprint density at radius 2 is 2.00 bits per heavy atom. The SMILES string of the molecule is CC(C)(O)CNc1cc(F)c(-c2c(-c3ccc(C#N)c(F)c3)nc3cnccn23)cc1N. The van der Waals surface area contributed by atoms with Crippen molar-refractivity contribution in [2.75, 3.05) is 17.6 Å². The lowest BCUT2D eigenvalue weighted by Crippen LogP contribution is -2.29. The summed E-state index contributed by atoms with van der Waals surface area (Å²) in [6.45, 7) is 3.42. The lowest BCUT2D eigenvalue weighted by molar-refractivity contribution is 0.0945. The molecule has 4 aromatic rings. The van der Waals surface area contributed by atoms with Gasteiger partial charge in [-0.3, -0.25) is 9.38 Å². The number of hydrogen-bond acceptors (Lipinski definition) is 6. The number of hydrogen-bond donors (Lipinski definition) is 3. The van der Waals surface area contributed by atoms with E-state index in [0.29, 0.717) is 28.3 Å².